The molecule has 0 spiro atoms. The lowest BCUT2D eigenvalue weighted by Gasteiger charge is -2.13. The van der Waals surface area contributed by atoms with Gasteiger partial charge in [0, 0.05) is 28.5 Å². The van der Waals surface area contributed by atoms with Gasteiger partial charge in [-0.1, -0.05) is 30.3 Å². The average Bonchev–Trinajstić information content (AvgIpc) is 2.73. The molecule has 1 aromatic heterocycles. The fourth-order valence-corrected chi connectivity index (χ4v) is 4.75. The summed E-state index contributed by atoms with van der Waals surface area (Å²) in [4.78, 5) is 14.2. The molecule has 30 heavy (non-hydrogen) atoms. The molecule has 0 amide bonds. The van der Waals surface area contributed by atoms with E-state index in [0.717, 1.165) is 6.26 Å². The van der Waals surface area contributed by atoms with Crippen LogP contribution in [-0.4, -0.2) is 25.1 Å². The summed E-state index contributed by atoms with van der Waals surface area (Å²) in [7, 11) is -4.68. The topological polar surface area (TPSA) is 81.4 Å². The van der Waals surface area contributed by atoms with E-state index in [1.54, 1.807) is 66.9 Å². The van der Waals surface area contributed by atoms with Gasteiger partial charge in [0.1, 0.15) is 11.3 Å². The molecule has 1 unspecified atom stereocenters. The Bertz CT molecular complexity index is 1450. The zero-order valence-electron chi connectivity index (χ0n) is 16.3. The Kier molecular flexibility index (Phi) is 5.17. The molecule has 1 heterocycles. The number of benzene rings is 3. The van der Waals surface area contributed by atoms with Crippen molar-refractivity contribution in [2.45, 2.75) is 9.79 Å². The highest BCUT2D eigenvalue weighted by Crippen LogP contribution is 2.35. The fraction of sp³-hybridized carbons (Fsp3) is 0.0870. The van der Waals surface area contributed by atoms with E-state index in [1.807, 2.05) is 0 Å². The molecule has 0 N–H and O–H groups in total. The zero-order valence-corrected chi connectivity index (χ0v) is 17.9. The Morgan fingerprint density at radius 1 is 0.867 bits per heavy atom. The molecule has 1 atom stereocenters. The second-order valence-electron chi connectivity index (χ2n) is 6.88. The summed E-state index contributed by atoms with van der Waals surface area (Å²) in [5, 5.41) is 0.417. The van der Waals surface area contributed by atoms with Gasteiger partial charge in [-0.05, 0) is 42.5 Å². The Morgan fingerprint density at radius 3 is 2.17 bits per heavy atom. The minimum atomic E-state index is -3.36. The summed E-state index contributed by atoms with van der Waals surface area (Å²) >= 11 is 0. The maximum Gasteiger partial charge on any atom is 0.201 e. The lowest BCUT2D eigenvalue weighted by Crippen LogP contribution is -2.09. The quantitative estimate of drug-likeness (QED) is 0.475. The minimum Gasteiger partial charge on any atom is -0.455 e. The van der Waals surface area contributed by atoms with Crippen LogP contribution in [0.2, 0.25) is 0 Å². The van der Waals surface area contributed by atoms with Gasteiger partial charge >= 0.3 is 0 Å². The van der Waals surface area contributed by atoms with Crippen LogP contribution in [0.3, 0.4) is 0 Å². The van der Waals surface area contributed by atoms with Crippen molar-refractivity contribution >= 4 is 31.6 Å². The molecule has 0 saturated heterocycles. The van der Waals surface area contributed by atoms with Gasteiger partial charge in [-0.2, -0.15) is 0 Å². The number of hydrogen-bond donors (Lipinski definition) is 0. The van der Waals surface area contributed by atoms with E-state index in [2.05, 4.69) is 0 Å². The predicted octanol–water partition coefficient (Wildman–Crippen LogP) is 4.27. The summed E-state index contributed by atoms with van der Waals surface area (Å²) in [5.74, 6) is 0.302. The Morgan fingerprint density at radius 2 is 1.50 bits per heavy atom. The van der Waals surface area contributed by atoms with Gasteiger partial charge in [0.2, 0.25) is 5.43 Å². The minimum absolute atomic E-state index is 0.172. The molecular weight excluding hydrogens is 420 g/mol. The van der Waals surface area contributed by atoms with Gasteiger partial charge in [-0.3, -0.25) is 9.00 Å². The molecule has 152 valence electrons. The molecule has 0 saturated carbocycles. The van der Waals surface area contributed by atoms with Crippen LogP contribution in [0.5, 0.6) is 0 Å². The monoisotopic (exact) mass is 438 g/mol. The highest BCUT2D eigenvalue weighted by atomic mass is 32.2. The molecule has 3 aromatic carbocycles. The number of hydrogen-bond acceptors (Lipinski definition) is 5. The van der Waals surface area contributed by atoms with Crippen LogP contribution in [0.1, 0.15) is 0 Å². The third kappa shape index (κ3) is 3.62. The van der Waals surface area contributed by atoms with Crippen molar-refractivity contribution < 1.29 is 17.0 Å². The van der Waals surface area contributed by atoms with Crippen molar-refractivity contribution in [1.82, 2.24) is 0 Å². The van der Waals surface area contributed by atoms with Gasteiger partial charge in [0.25, 0.3) is 0 Å². The maximum atomic E-state index is 13.5. The van der Waals surface area contributed by atoms with Gasteiger partial charge < -0.3 is 4.42 Å². The lowest BCUT2D eigenvalue weighted by molar-refractivity contribution is 0.601. The number of fused-ring (bicyclic) bond motifs is 1. The molecule has 0 aliphatic carbocycles. The normalized spacial score (nSPS) is 12.7. The van der Waals surface area contributed by atoms with Crippen LogP contribution in [0.15, 0.2) is 91.8 Å². The number of rotatable bonds is 4. The van der Waals surface area contributed by atoms with Gasteiger partial charge in [-0.25, -0.2) is 8.42 Å². The van der Waals surface area contributed by atoms with Crippen LogP contribution in [0.25, 0.3) is 33.4 Å². The number of sulfone groups is 1. The standard InChI is InChI=1S/C23H18O5S2/c1-29(25)20-10-6-4-8-18(20)21-22(24)17-7-3-5-9-19(17)28-23(21)15-11-13-16(14-12-15)30(2,26)27/h3-14H,1-2H3. The van der Waals surface area contributed by atoms with E-state index < -0.39 is 20.6 Å². The Labute approximate surface area is 176 Å². The average molecular weight is 439 g/mol. The van der Waals surface area contributed by atoms with Crippen molar-refractivity contribution in [2.75, 3.05) is 12.5 Å². The first-order valence-corrected chi connectivity index (χ1v) is 12.5. The fourth-order valence-electron chi connectivity index (χ4n) is 3.37. The first-order chi connectivity index (χ1) is 14.3. The Balaban J connectivity index is 2.09. The SMILES string of the molecule is CS(=O)c1ccccc1-c1c(-c2ccc(S(C)(=O)=O)cc2)oc2ccccc2c1=O. The number of para-hydroxylation sites is 1. The molecule has 0 aliphatic heterocycles. The third-order valence-corrected chi connectivity index (χ3v) is 6.91. The summed E-state index contributed by atoms with van der Waals surface area (Å²) in [6, 6.07) is 20.1. The van der Waals surface area contributed by atoms with Crippen molar-refractivity contribution in [2.24, 2.45) is 0 Å². The van der Waals surface area contributed by atoms with Crippen LogP contribution in [0.4, 0.5) is 0 Å². The lowest BCUT2D eigenvalue weighted by atomic mass is 9.98. The second kappa shape index (κ2) is 7.66. The molecule has 0 fully saturated rings. The molecule has 7 heteroatoms. The summed E-state index contributed by atoms with van der Waals surface area (Å²) in [6.07, 6.45) is 2.69. The van der Waals surface area contributed by atoms with Crippen LogP contribution >= 0.6 is 0 Å². The van der Waals surface area contributed by atoms with Crippen LogP contribution in [-0.2, 0) is 20.6 Å². The maximum absolute atomic E-state index is 13.5. The summed E-state index contributed by atoms with van der Waals surface area (Å²) < 4.78 is 42.1. The van der Waals surface area contributed by atoms with Crippen LogP contribution in [0, 0.1) is 0 Å². The molecule has 0 radical (unpaired) electrons. The highest BCUT2D eigenvalue weighted by molar-refractivity contribution is 7.90. The highest BCUT2D eigenvalue weighted by Gasteiger charge is 2.21. The summed E-state index contributed by atoms with van der Waals surface area (Å²) in [6.45, 7) is 0. The first kappa shape index (κ1) is 20.3. The second-order valence-corrected chi connectivity index (χ2v) is 10.2. The smallest absolute Gasteiger partial charge is 0.201 e. The van der Waals surface area contributed by atoms with E-state index >= 15 is 0 Å². The van der Waals surface area contributed by atoms with Gasteiger partial charge in [0.15, 0.2) is 9.84 Å². The summed E-state index contributed by atoms with van der Waals surface area (Å²) in [5.41, 5.74) is 1.56. The molecule has 4 aromatic rings. The van der Waals surface area contributed by atoms with E-state index in [4.69, 9.17) is 4.42 Å². The zero-order chi connectivity index (χ0) is 21.5. The molecule has 5 nitrogen and oxygen atoms in total. The van der Waals surface area contributed by atoms with Gasteiger partial charge in [-0.15, -0.1) is 0 Å². The van der Waals surface area contributed by atoms with E-state index in [1.165, 1.54) is 12.1 Å². The van der Waals surface area contributed by atoms with Crippen LogP contribution < -0.4 is 5.43 Å². The van der Waals surface area contributed by atoms with Crippen molar-refractivity contribution in [3.8, 4) is 22.5 Å². The van der Waals surface area contributed by atoms with E-state index in [-0.39, 0.29) is 10.3 Å². The third-order valence-electron chi connectivity index (χ3n) is 4.81. The Hall–Kier alpha value is -3.03. The van der Waals surface area contributed by atoms with E-state index in [0.29, 0.717) is 38.3 Å². The molecule has 0 aliphatic rings. The molecular formula is C23H18O5S2. The largest absolute Gasteiger partial charge is 0.455 e. The van der Waals surface area contributed by atoms with Crippen molar-refractivity contribution in [1.29, 1.82) is 0 Å². The van der Waals surface area contributed by atoms with Crippen molar-refractivity contribution in [3.05, 3.63) is 83.0 Å². The van der Waals surface area contributed by atoms with E-state index in [9.17, 15) is 17.4 Å². The molecule has 0 bridgehead atoms. The van der Waals surface area contributed by atoms with Gasteiger partial charge in [0.05, 0.1) is 26.6 Å². The molecule has 4 rings (SSSR count). The predicted molar refractivity (Wildman–Crippen MR) is 119 cm³/mol. The van der Waals surface area contributed by atoms with Crippen molar-refractivity contribution in [3.63, 3.8) is 0 Å². The first-order valence-electron chi connectivity index (χ1n) is 9.06.